The van der Waals surface area contributed by atoms with Gasteiger partial charge in [-0.1, -0.05) is 23.8 Å². The van der Waals surface area contributed by atoms with Crippen molar-refractivity contribution >= 4 is 17.5 Å². The number of nitrogens with one attached hydrogen (secondary N) is 2. The second-order valence-electron chi connectivity index (χ2n) is 6.33. The molecule has 0 atom stereocenters. The third-order valence-electron chi connectivity index (χ3n) is 3.96. The van der Waals surface area contributed by atoms with E-state index in [9.17, 15) is 0 Å². The zero-order valence-electron chi connectivity index (χ0n) is 15.1. The second kappa shape index (κ2) is 7.30. The van der Waals surface area contributed by atoms with E-state index >= 15 is 0 Å². The molecule has 0 aliphatic rings. The summed E-state index contributed by atoms with van der Waals surface area (Å²) >= 11 is 0. The molecular weight excluding hydrogens is 310 g/mol. The SMILES string of the molecule is Cc1cc(C)c(Nc2cc(C)nc(NCc3cccnc3)n2)c(C)c1. The molecular formula is C20H23N5. The molecule has 0 spiro atoms. The molecule has 128 valence electrons. The normalized spacial score (nSPS) is 10.6. The van der Waals surface area contributed by atoms with Crippen molar-refractivity contribution in [2.24, 2.45) is 0 Å². The van der Waals surface area contributed by atoms with Gasteiger partial charge in [-0.3, -0.25) is 4.98 Å². The number of hydrogen-bond donors (Lipinski definition) is 2. The van der Waals surface area contributed by atoms with E-state index in [4.69, 9.17) is 0 Å². The molecule has 25 heavy (non-hydrogen) atoms. The van der Waals surface area contributed by atoms with Crippen LogP contribution in [0.25, 0.3) is 0 Å². The highest BCUT2D eigenvalue weighted by atomic mass is 15.1. The lowest BCUT2D eigenvalue weighted by Gasteiger charge is -2.14. The summed E-state index contributed by atoms with van der Waals surface area (Å²) in [5, 5.41) is 6.71. The summed E-state index contributed by atoms with van der Waals surface area (Å²) in [7, 11) is 0. The van der Waals surface area contributed by atoms with E-state index in [2.05, 4.69) is 58.5 Å². The molecule has 5 heteroatoms. The molecule has 0 aliphatic carbocycles. The molecule has 0 bridgehead atoms. The van der Waals surface area contributed by atoms with Gasteiger partial charge < -0.3 is 10.6 Å². The standard InChI is InChI=1S/C20H23N5/c1-13-8-14(2)19(15(3)9-13)24-18-10-16(4)23-20(25-18)22-12-17-6-5-7-21-11-17/h5-11H,12H2,1-4H3,(H2,22,23,24,25). The predicted molar refractivity (Wildman–Crippen MR) is 102 cm³/mol. The Morgan fingerprint density at radius 2 is 1.72 bits per heavy atom. The van der Waals surface area contributed by atoms with Crippen molar-refractivity contribution in [2.75, 3.05) is 10.6 Å². The van der Waals surface area contributed by atoms with Gasteiger partial charge >= 0.3 is 0 Å². The van der Waals surface area contributed by atoms with Gasteiger partial charge in [0.1, 0.15) is 5.82 Å². The number of nitrogens with zero attached hydrogens (tertiary/aromatic N) is 3. The minimum atomic E-state index is 0.605. The first-order chi connectivity index (χ1) is 12.0. The highest BCUT2D eigenvalue weighted by Gasteiger charge is 2.07. The Labute approximate surface area is 148 Å². The summed E-state index contributed by atoms with van der Waals surface area (Å²) in [5.74, 6) is 1.39. The van der Waals surface area contributed by atoms with Crippen LogP contribution in [-0.4, -0.2) is 15.0 Å². The Balaban J connectivity index is 1.80. The van der Waals surface area contributed by atoms with E-state index in [1.165, 1.54) is 16.7 Å². The van der Waals surface area contributed by atoms with E-state index in [0.29, 0.717) is 12.5 Å². The number of hydrogen-bond acceptors (Lipinski definition) is 5. The van der Waals surface area contributed by atoms with Gasteiger partial charge in [-0.2, -0.15) is 4.98 Å². The summed E-state index contributed by atoms with van der Waals surface area (Å²) in [5.41, 5.74) is 6.78. The molecule has 1 aromatic carbocycles. The molecule has 0 aliphatic heterocycles. The van der Waals surface area contributed by atoms with Crippen molar-refractivity contribution < 1.29 is 0 Å². The number of anilines is 3. The van der Waals surface area contributed by atoms with Crippen molar-refractivity contribution in [3.8, 4) is 0 Å². The molecule has 3 rings (SSSR count). The Morgan fingerprint density at radius 3 is 2.40 bits per heavy atom. The first-order valence-corrected chi connectivity index (χ1v) is 8.34. The van der Waals surface area contributed by atoms with Gasteiger partial charge in [0.15, 0.2) is 0 Å². The van der Waals surface area contributed by atoms with Gasteiger partial charge in [-0.15, -0.1) is 0 Å². The van der Waals surface area contributed by atoms with Crippen LogP contribution in [0.2, 0.25) is 0 Å². The lowest BCUT2D eigenvalue weighted by atomic mass is 10.1. The van der Waals surface area contributed by atoms with Crippen LogP contribution >= 0.6 is 0 Å². The quantitative estimate of drug-likeness (QED) is 0.722. The molecule has 0 saturated carbocycles. The highest BCUT2D eigenvalue weighted by molar-refractivity contribution is 5.66. The fourth-order valence-corrected chi connectivity index (χ4v) is 2.90. The van der Waals surface area contributed by atoms with Gasteiger partial charge in [-0.05, 0) is 50.5 Å². The van der Waals surface area contributed by atoms with Crippen LogP contribution in [0.3, 0.4) is 0 Å². The van der Waals surface area contributed by atoms with Gasteiger partial charge in [0, 0.05) is 36.4 Å². The second-order valence-corrected chi connectivity index (χ2v) is 6.33. The van der Waals surface area contributed by atoms with Crippen molar-refractivity contribution in [1.82, 2.24) is 15.0 Å². The molecule has 5 nitrogen and oxygen atoms in total. The molecule has 0 radical (unpaired) electrons. The van der Waals surface area contributed by atoms with Gasteiger partial charge in [0.25, 0.3) is 0 Å². The maximum absolute atomic E-state index is 4.59. The zero-order valence-corrected chi connectivity index (χ0v) is 15.1. The smallest absolute Gasteiger partial charge is 0.225 e. The summed E-state index contributed by atoms with van der Waals surface area (Å²) in [6.45, 7) is 8.94. The Bertz CT molecular complexity index is 852. The van der Waals surface area contributed by atoms with Crippen molar-refractivity contribution in [3.63, 3.8) is 0 Å². The van der Waals surface area contributed by atoms with Crippen LogP contribution in [0.4, 0.5) is 17.5 Å². The predicted octanol–water partition coefficient (Wildman–Crippen LogP) is 4.46. The topological polar surface area (TPSA) is 62.7 Å². The molecule has 2 heterocycles. The highest BCUT2D eigenvalue weighted by Crippen LogP contribution is 2.25. The van der Waals surface area contributed by atoms with Crippen LogP contribution < -0.4 is 10.6 Å². The maximum atomic E-state index is 4.59. The maximum Gasteiger partial charge on any atom is 0.225 e. The average Bonchev–Trinajstić information content (AvgIpc) is 2.57. The van der Waals surface area contributed by atoms with E-state index in [0.717, 1.165) is 22.8 Å². The summed E-state index contributed by atoms with van der Waals surface area (Å²) in [4.78, 5) is 13.2. The van der Waals surface area contributed by atoms with Crippen molar-refractivity contribution in [3.05, 3.63) is 70.7 Å². The van der Waals surface area contributed by atoms with Crippen molar-refractivity contribution in [2.45, 2.75) is 34.2 Å². The van der Waals surface area contributed by atoms with Crippen LogP contribution in [-0.2, 0) is 6.54 Å². The molecule has 0 saturated heterocycles. The molecule has 3 aromatic rings. The van der Waals surface area contributed by atoms with Crippen LogP contribution in [0, 0.1) is 27.7 Å². The Kier molecular flexibility index (Phi) is 4.93. The molecule has 0 fully saturated rings. The van der Waals surface area contributed by atoms with Crippen LogP contribution in [0.15, 0.2) is 42.7 Å². The first-order valence-electron chi connectivity index (χ1n) is 8.34. The Morgan fingerprint density at radius 1 is 0.960 bits per heavy atom. The minimum absolute atomic E-state index is 0.605. The van der Waals surface area contributed by atoms with Gasteiger partial charge in [0.05, 0.1) is 0 Å². The molecule has 0 unspecified atom stereocenters. The lowest BCUT2D eigenvalue weighted by molar-refractivity contribution is 1.02. The van der Waals surface area contributed by atoms with E-state index < -0.39 is 0 Å². The fraction of sp³-hybridized carbons (Fsp3) is 0.250. The average molecular weight is 333 g/mol. The van der Waals surface area contributed by atoms with Crippen molar-refractivity contribution in [1.29, 1.82) is 0 Å². The zero-order chi connectivity index (χ0) is 17.8. The summed E-state index contributed by atoms with van der Waals surface area (Å²) < 4.78 is 0. The molecule has 0 amide bonds. The van der Waals surface area contributed by atoms with E-state index in [-0.39, 0.29) is 0 Å². The number of pyridine rings is 1. The molecule has 2 aromatic heterocycles. The third kappa shape index (κ3) is 4.32. The Hall–Kier alpha value is -2.95. The number of aromatic nitrogens is 3. The number of rotatable bonds is 5. The number of benzene rings is 1. The lowest BCUT2D eigenvalue weighted by Crippen LogP contribution is -2.07. The fourth-order valence-electron chi connectivity index (χ4n) is 2.90. The van der Waals surface area contributed by atoms with Crippen LogP contribution in [0.1, 0.15) is 27.9 Å². The summed E-state index contributed by atoms with van der Waals surface area (Å²) in [6.07, 6.45) is 3.60. The monoisotopic (exact) mass is 333 g/mol. The first kappa shape index (κ1) is 16.9. The summed E-state index contributed by atoms with van der Waals surface area (Å²) in [6, 6.07) is 10.2. The minimum Gasteiger partial charge on any atom is -0.350 e. The van der Waals surface area contributed by atoms with Crippen LogP contribution in [0.5, 0.6) is 0 Å². The largest absolute Gasteiger partial charge is 0.350 e. The van der Waals surface area contributed by atoms with Gasteiger partial charge in [0.2, 0.25) is 5.95 Å². The van der Waals surface area contributed by atoms with Gasteiger partial charge in [-0.25, -0.2) is 4.98 Å². The number of aryl methyl sites for hydroxylation is 4. The molecule has 2 N–H and O–H groups in total. The van der Waals surface area contributed by atoms with E-state index in [1.807, 2.05) is 31.3 Å². The van der Waals surface area contributed by atoms with E-state index in [1.54, 1.807) is 6.20 Å². The third-order valence-corrected chi connectivity index (χ3v) is 3.96.